The maximum absolute atomic E-state index is 9.08. The molecule has 0 aliphatic rings. The SMILES string of the molecule is CC(CO)(CO)NCCCc1ccccc1. The van der Waals surface area contributed by atoms with Crippen LogP contribution in [-0.2, 0) is 6.42 Å². The van der Waals surface area contributed by atoms with Crippen molar-refractivity contribution in [1.82, 2.24) is 5.32 Å². The highest BCUT2D eigenvalue weighted by atomic mass is 16.3. The quantitative estimate of drug-likeness (QED) is 0.603. The summed E-state index contributed by atoms with van der Waals surface area (Å²) in [5.74, 6) is 0. The second-order valence-corrected chi connectivity index (χ2v) is 4.39. The lowest BCUT2D eigenvalue weighted by Crippen LogP contribution is -2.49. The lowest BCUT2D eigenvalue weighted by molar-refractivity contribution is 0.104. The van der Waals surface area contributed by atoms with E-state index in [-0.39, 0.29) is 13.2 Å². The molecule has 0 heterocycles. The van der Waals surface area contributed by atoms with Crippen molar-refractivity contribution < 1.29 is 10.2 Å². The van der Waals surface area contributed by atoms with Gasteiger partial charge in [-0.2, -0.15) is 0 Å². The molecule has 0 aliphatic carbocycles. The van der Waals surface area contributed by atoms with E-state index in [0.717, 1.165) is 19.4 Å². The molecule has 1 rings (SSSR count). The fraction of sp³-hybridized carbons (Fsp3) is 0.538. The Bertz CT molecular complexity index is 283. The van der Waals surface area contributed by atoms with E-state index in [4.69, 9.17) is 10.2 Å². The van der Waals surface area contributed by atoms with Crippen LogP contribution in [0.25, 0.3) is 0 Å². The van der Waals surface area contributed by atoms with Gasteiger partial charge < -0.3 is 15.5 Å². The van der Waals surface area contributed by atoms with Crippen molar-refractivity contribution in [2.24, 2.45) is 0 Å². The molecular weight excluding hydrogens is 202 g/mol. The van der Waals surface area contributed by atoms with Crippen LogP contribution in [-0.4, -0.2) is 35.5 Å². The van der Waals surface area contributed by atoms with Gasteiger partial charge in [0, 0.05) is 0 Å². The van der Waals surface area contributed by atoms with Gasteiger partial charge in [-0.1, -0.05) is 30.3 Å². The van der Waals surface area contributed by atoms with Gasteiger partial charge in [-0.25, -0.2) is 0 Å². The Balaban J connectivity index is 2.22. The van der Waals surface area contributed by atoms with E-state index in [1.165, 1.54) is 5.56 Å². The Kier molecular flexibility index (Phi) is 5.46. The molecule has 1 aromatic carbocycles. The van der Waals surface area contributed by atoms with Crippen LogP contribution in [0.1, 0.15) is 18.9 Å². The van der Waals surface area contributed by atoms with E-state index in [2.05, 4.69) is 17.4 Å². The predicted molar refractivity (Wildman–Crippen MR) is 65.3 cm³/mol. The van der Waals surface area contributed by atoms with Crippen LogP contribution in [0.4, 0.5) is 0 Å². The van der Waals surface area contributed by atoms with Crippen molar-refractivity contribution in [3.8, 4) is 0 Å². The average molecular weight is 223 g/mol. The first-order chi connectivity index (χ1) is 7.70. The third kappa shape index (κ3) is 4.31. The maximum Gasteiger partial charge on any atom is 0.0633 e. The highest BCUT2D eigenvalue weighted by Crippen LogP contribution is 2.04. The van der Waals surface area contributed by atoms with Crippen LogP contribution < -0.4 is 5.32 Å². The summed E-state index contributed by atoms with van der Waals surface area (Å²) in [4.78, 5) is 0. The molecule has 3 heteroatoms. The van der Waals surface area contributed by atoms with Crippen molar-refractivity contribution in [2.45, 2.75) is 25.3 Å². The summed E-state index contributed by atoms with van der Waals surface area (Å²) in [7, 11) is 0. The molecule has 0 spiro atoms. The summed E-state index contributed by atoms with van der Waals surface area (Å²) >= 11 is 0. The highest BCUT2D eigenvalue weighted by Gasteiger charge is 2.20. The topological polar surface area (TPSA) is 52.5 Å². The maximum atomic E-state index is 9.08. The number of aliphatic hydroxyl groups is 2. The number of hydrogen-bond acceptors (Lipinski definition) is 3. The summed E-state index contributed by atoms with van der Waals surface area (Å²) < 4.78 is 0. The van der Waals surface area contributed by atoms with E-state index in [1.807, 2.05) is 25.1 Å². The van der Waals surface area contributed by atoms with Gasteiger partial charge in [0.05, 0.1) is 18.8 Å². The lowest BCUT2D eigenvalue weighted by atomic mass is 10.0. The predicted octanol–water partition coefficient (Wildman–Crippen LogP) is 0.952. The van der Waals surface area contributed by atoms with Crippen LogP contribution in [0.5, 0.6) is 0 Å². The first kappa shape index (κ1) is 13.2. The molecular formula is C13H21NO2. The average Bonchev–Trinajstić information content (AvgIpc) is 2.36. The van der Waals surface area contributed by atoms with Crippen LogP contribution in [0, 0.1) is 0 Å². The molecule has 0 atom stereocenters. The van der Waals surface area contributed by atoms with Crippen LogP contribution in [0.3, 0.4) is 0 Å². The monoisotopic (exact) mass is 223 g/mol. The van der Waals surface area contributed by atoms with Crippen LogP contribution >= 0.6 is 0 Å². The second kappa shape index (κ2) is 6.63. The van der Waals surface area contributed by atoms with Crippen LogP contribution in [0.2, 0.25) is 0 Å². The third-order valence-corrected chi connectivity index (χ3v) is 2.73. The molecule has 0 fully saturated rings. The van der Waals surface area contributed by atoms with Gasteiger partial charge in [0.1, 0.15) is 0 Å². The van der Waals surface area contributed by atoms with Gasteiger partial charge in [0.15, 0.2) is 0 Å². The first-order valence-corrected chi connectivity index (χ1v) is 5.71. The van der Waals surface area contributed by atoms with Crippen molar-refractivity contribution >= 4 is 0 Å². The minimum absolute atomic E-state index is 0.0468. The van der Waals surface area contributed by atoms with Crippen molar-refractivity contribution in [3.63, 3.8) is 0 Å². The fourth-order valence-corrected chi connectivity index (χ4v) is 1.49. The molecule has 0 unspecified atom stereocenters. The summed E-state index contributed by atoms with van der Waals surface area (Å²) in [6.45, 7) is 2.52. The first-order valence-electron chi connectivity index (χ1n) is 5.71. The molecule has 3 N–H and O–H groups in total. The van der Waals surface area contributed by atoms with Gasteiger partial charge in [0.25, 0.3) is 0 Å². The highest BCUT2D eigenvalue weighted by molar-refractivity contribution is 5.14. The van der Waals surface area contributed by atoms with Crippen molar-refractivity contribution in [1.29, 1.82) is 0 Å². The molecule has 0 radical (unpaired) electrons. The summed E-state index contributed by atoms with van der Waals surface area (Å²) in [5, 5.41) is 21.3. The minimum Gasteiger partial charge on any atom is -0.394 e. The summed E-state index contributed by atoms with van der Waals surface area (Å²) in [5.41, 5.74) is 0.760. The fourth-order valence-electron chi connectivity index (χ4n) is 1.49. The van der Waals surface area contributed by atoms with E-state index in [9.17, 15) is 0 Å². The van der Waals surface area contributed by atoms with Gasteiger partial charge in [-0.3, -0.25) is 0 Å². The van der Waals surface area contributed by atoms with Gasteiger partial charge in [0.2, 0.25) is 0 Å². The number of aliphatic hydroxyl groups excluding tert-OH is 2. The van der Waals surface area contributed by atoms with E-state index < -0.39 is 5.54 Å². The Morgan fingerprint density at radius 1 is 1.12 bits per heavy atom. The zero-order valence-corrected chi connectivity index (χ0v) is 9.82. The summed E-state index contributed by atoms with van der Waals surface area (Å²) in [6.07, 6.45) is 2.01. The molecule has 0 aromatic heterocycles. The van der Waals surface area contributed by atoms with E-state index in [0.29, 0.717) is 0 Å². The Hall–Kier alpha value is -0.900. The van der Waals surface area contributed by atoms with Crippen molar-refractivity contribution in [2.75, 3.05) is 19.8 Å². The molecule has 0 bridgehead atoms. The molecule has 0 saturated heterocycles. The zero-order valence-electron chi connectivity index (χ0n) is 9.82. The molecule has 1 aromatic rings. The number of rotatable bonds is 7. The minimum atomic E-state index is -0.559. The van der Waals surface area contributed by atoms with Crippen molar-refractivity contribution in [3.05, 3.63) is 35.9 Å². The van der Waals surface area contributed by atoms with Gasteiger partial charge in [-0.05, 0) is 31.9 Å². The number of nitrogens with one attached hydrogen (secondary N) is 1. The molecule has 16 heavy (non-hydrogen) atoms. The largest absolute Gasteiger partial charge is 0.394 e. The molecule has 0 amide bonds. The molecule has 3 nitrogen and oxygen atoms in total. The van der Waals surface area contributed by atoms with Gasteiger partial charge >= 0.3 is 0 Å². The normalized spacial score (nSPS) is 11.7. The Morgan fingerprint density at radius 3 is 2.31 bits per heavy atom. The number of hydrogen-bond donors (Lipinski definition) is 3. The standard InChI is InChI=1S/C13H21NO2/c1-13(10-15,11-16)14-9-5-8-12-6-3-2-4-7-12/h2-4,6-7,14-16H,5,8-11H2,1H3. The smallest absolute Gasteiger partial charge is 0.0633 e. The Labute approximate surface area is 97.1 Å². The molecule has 90 valence electrons. The Morgan fingerprint density at radius 2 is 1.75 bits per heavy atom. The zero-order chi connectivity index (χ0) is 11.9. The lowest BCUT2D eigenvalue weighted by Gasteiger charge is -2.26. The molecule has 0 aliphatic heterocycles. The van der Waals surface area contributed by atoms with E-state index >= 15 is 0 Å². The summed E-state index contributed by atoms with van der Waals surface area (Å²) in [6, 6.07) is 10.3. The molecule has 0 saturated carbocycles. The third-order valence-electron chi connectivity index (χ3n) is 2.73. The number of aryl methyl sites for hydroxylation is 1. The van der Waals surface area contributed by atoms with Crippen LogP contribution in [0.15, 0.2) is 30.3 Å². The van der Waals surface area contributed by atoms with E-state index in [1.54, 1.807) is 0 Å². The van der Waals surface area contributed by atoms with Gasteiger partial charge in [-0.15, -0.1) is 0 Å². The number of benzene rings is 1. The second-order valence-electron chi connectivity index (χ2n) is 4.39.